The number of amides is 1. The summed E-state index contributed by atoms with van der Waals surface area (Å²) in [5, 5.41) is 7.81. The lowest BCUT2D eigenvalue weighted by Gasteiger charge is -2.28. The Kier molecular flexibility index (Phi) is 4.88. The maximum absolute atomic E-state index is 13.3. The fourth-order valence-electron chi connectivity index (χ4n) is 4.77. The Morgan fingerprint density at radius 3 is 2.90 bits per heavy atom. The van der Waals surface area contributed by atoms with Crippen LogP contribution in [-0.2, 0) is 17.6 Å². The second kappa shape index (κ2) is 7.72. The average molecular weight is 418 g/mol. The molecule has 2 atom stereocenters. The molecule has 31 heavy (non-hydrogen) atoms. The van der Waals surface area contributed by atoms with Crippen LogP contribution in [0.25, 0.3) is 16.6 Å². The number of fused-ring (bicyclic) bond motifs is 4. The summed E-state index contributed by atoms with van der Waals surface area (Å²) in [6.45, 7) is 3.90. The third kappa shape index (κ3) is 3.15. The summed E-state index contributed by atoms with van der Waals surface area (Å²) in [7, 11) is 0. The highest BCUT2D eigenvalue weighted by Gasteiger charge is 2.28. The van der Waals surface area contributed by atoms with Crippen molar-refractivity contribution in [2.45, 2.75) is 58.0 Å². The van der Waals surface area contributed by atoms with Crippen molar-refractivity contribution in [3.05, 3.63) is 70.0 Å². The van der Waals surface area contributed by atoms with Gasteiger partial charge in [-0.15, -0.1) is 0 Å². The summed E-state index contributed by atoms with van der Waals surface area (Å²) < 4.78 is 8.68. The van der Waals surface area contributed by atoms with Gasteiger partial charge in [-0.25, -0.2) is 4.68 Å². The third-order valence-electron chi connectivity index (χ3n) is 6.32. The number of aryl methyl sites for hydroxylation is 2. The van der Waals surface area contributed by atoms with Gasteiger partial charge in [0, 0.05) is 18.6 Å². The van der Waals surface area contributed by atoms with E-state index in [0.29, 0.717) is 23.9 Å². The number of furan rings is 1. The zero-order chi connectivity index (χ0) is 21.5. The van der Waals surface area contributed by atoms with E-state index < -0.39 is 6.04 Å². The Morgan fingerprint density at radius 1 is 1.26 bits per heavy atom. The van der Waals surface area contributed by atoms with Crippen LogP contribution in [0.5, 0.6) is 0 Å². The van der Waals surface area contributed by atoms with Gasteiger partial charge in [0.05, 0.1) is 17.8 Å². The van der Waals surface area contributed by atoms with Crippen molar-refractivity contribution in [1.29, 1.82) is 0 Å². The Balaban J connectivity index is 1.53. The molecule has 3 heterocycles. The van der Waals surface area contributed by atoms with Gasteiger partial charge in [0.2, 0.25) is 5.91 Å². The topological polar surface area (TPSA) is 81.5 Å². The molecule has 3 aromatic heterocycles. The highest BCUT2D eigenvalue weighted by molar-refractivity contribution is 5.83. The molecule has 1 N–H and O–H groups in total. The van der Waals surface area contributed by atoms with E-state index in [0.717, 1.165) is 30.6 Å². The Hall–Kier alpha value is -3.35. The first-order chi connectivity index (χ1) is 15.1. The van der Waals surface area contributed by atoms with E-state index in [1.165, 1.54) is 15.8 Å². The minimum Gasteiger partial charge on any atom is -0.463 e. The smallest absolute Gasteiger partial charge is 0.291 e. The van der Waals surface area contributed by atoms with E-state index in [1.807, 2.05) is 36.4 Å². The minimum atomic E-state index is -0.668. The number of aromatic nitrogens is 3. The van der Waals surface area contributed by atoms with Crippen molar-refractivity contribution in [1.82, 2.24) is 19.5 Å². The molecule has 160 valence electrons. The highest BCUT2D eigenvalue weighted by atomic mass is 16.3. The summed E-state index contributed by atoms with van der Waals surface area (Å²) in [5.74, 6) is 0.556. The summed E-state index contributed by atoms with van der Waals surface area (Å²) in [4.78, 5) is 26.6. The summed E-state index contributed by atoms with van der Waals surface area (Å²) in [5.41, 5.74) is 4.12. The van der Waals surface area contributed by atoms with Gasteiger partial charge < -0.3 is 9.73 Å². The van der Waals surface area contributed by atoms with Crippen molar-refractivity contribution < 1.29 is 9.21 Å². The molecule has 1 aliphatic rings. The average Bonchev–Trinajstić information content (AvgIpc) is 3.38. The molecule has 1 amide bonds. The molecule has 0 saturated heterocycles. The lowest BCUT2D eigenvalue weighted by molar-refractivity contribution is -0.125. The standard InChI is InChI=1S/C24H26N4O3/c1-3-18(23(29)25-17-11-7-9-15-8-5-6-10-16(15)17)28-24(30)20-14-21-19(12-13-31-21)27(20)22(4-2)26-28/h5-6,8,10,12-14,17-18H,3-4,7,9,11H2,1-2H3,(H,25,29)/t17-,18+/m1/s1. The van der Waals surface area contributed by atoms with Gasteiger partial charge in [0.15, 0.2) is 5.58 Å². The minimum absolute atomic E-state index is 0.0350. The first kappa shape index (κ1) is 19.6. The van der Waals surface area contributed by atoms with Crippen LogP contribution in [0.4, 0.5) is 0 Å². The lowest BCUT2D eigenvalue weighted by Crippen LogP contribution is -2.41. The fraction of sp³-hybridized carbons (Fsp3) is 0.375. The van der Waals surface area contributed by atoms with E-state index in [-0.39, 0.29) is 17.5 Å². The van der Waals surface area contributed by atoms with Crippen LogP contribution >= 0.6 is 0 Å². The van der Waals surface area contributed by atoms with Gasteiger partial charge in [-0.05, 0) is 36.8 Å². The van der Waals surface area contributed by atoms with Crippen molar-refractivity contribution in [2.75, 3.05) is 0 Å². The second-order valence-corrected chi connectivity index (χ2v) is 8.13. The summed E-state index contributed by atoms with van der Waals surface area (Å²) in [6, 6.07) is 11.1. The van der Waals surface area contributed by atoms with Crippen molar-refractivity contribution in [3.8, 4) is 0 Å². The molecule has 1 aliphatic carbocycles. The maximum Gasteiger partial charge on any atom is 0.291 e. The molecule has 0 fully saturated rings. The Bertz CT molecular complexity index is 1330. The number of carbonyl (C=O) groups is 1. The van der Waals surface area contributed by atoms with Gasteiger partial charge in [-0.3, -0.25) is 14.0 Å². The van der Waals surface area contributed by atoms with Crippen LogP contribution in [0, 0.1) is 0 Å². The fourth-order valence-corrected chi connectivity index (χ4v) is 4.77. The number of hydrogen-bond acceptors (Lipinski definition) is 4. The number of rotatable bonds is 5. The first-order valence-corrected chi connectivity index (χ1v) is 11.0. The lowest BCUT2D eigenvalue weighted by atomic mass is 9.87. The van der Waals surface area contributed by atoms with Crippen LogP contribution in [0.3, 0.4) is 0 Å². The number of hydrogen-bond donors (Lipinski definition) is 1. The highest BCUT2D eigenvalue weighted by Crippen LogP contribution is 2.30. The summed E-state index contributed by atoms with van der Waals surface area (Å²) >= 11 is 0. The molecular weight excluding hydrogens is 392 g/mol. The molecule has 0 spiro atoms. The third-order valence-corrected chi connectivity index (χ3v) is 6.32. The van der Waals surface area contributed by atoms with E-state index in [2.05, 4.69) is 22.5 Å². The molecule has 1 aromatic carbocycles. The van der Waals surface area contributed by atoms with E-state index in [1.54, 1.807) is 12.3 Å². The Labute approximate surface area is 179 Å². The van der Waals surface area contributed by atoms with E-state index in [4.69, 9.17) is 4.42 Å². The number of benzene rings is 1. The SMILES string of the molecule is CCc1nn([C@@H](CC)C(=O)N[C@@H]2CCCc3ccccc32)c(=O)c2cc3occc3n12. The maximum atomic E-state index is 13.3. The monoisotopic (exact) mass is 418 g/mol. The predicted octanol–water partition coefficient (Wildman–Crippen LogP) is 3.95. The second-order valence-electron chi connectivity index (χ2n) is 8.13. The number of nitrogens with one attached hydrogen (secondary N) is 1. The van der Waals surface area contributed by atoms with E-state index in [9.17, 15) is 9.59 Å². The number of carbonyl (C=O) groups excluding carboxylic acids is 1. The van der Waals surface area contributed by atoms with Gasteiger partial charge in [0.25, 0.3) is 5.56 Å². The van der Waals surface area contributed by atoms with Gasteiger partial charge in [-0.1, -0.05) is 38.1 Å². The van der Waals surface area contributed by atoms with Gasteiger partial charge >= 0.3 is 0 Å². The molecular formula is C24H26N4O3. The molecule has 0 bridgehead atoms. The Morgan fingerprint density at radius 2 is 2.10 bits per heavy atom. The molecule has 4 aromatic rings. The molecule has 0 unspecified atom stereocenters. The van der Waals surface area contributed by atoms with Gasteiger partial charge in [0.1, 0.15) is 17.4 Å². The first-order valence-electron chi connectivity index (χ1n) is 11.0. The molecule has 5 rings (SSSR count). The molecule has 0 aliphatic heterocycles. The van der Waals surface area contributed by atoms with Crippen molar-refractivity contribution >= 4 is 22.5 Å². The molecule has 0 saturated carbocycles. The predicted molar refractivity (Wildman–Crippen MR) is 118 cm³/mol. The summed E-state index contributed by atoms with van der Waals surface area (Å²) in [6.07, 6.45) is 5.67. The van der Waals surface area contributed by atoms with E-state index >= 15 is 0 Å². The largest absolute Gasteiger partial charge is 0.463 e. The zero-order valence-corrected chi connectivity index (χ0v) is 17.8. The van der Waals surface area contributed by atoms with Crippen LogP contribution < -0.4 is 10.9 Å². The molecule has 0 radical (unpaired) electrons. The molecule has 7 nitrogen and oxygen atoms in total. The molecule has 7 heteroatoms. The normalized spacial score (nSPS) is 17.0. The van der Waals surface area contributed by atoms with Crippen LogP contribution in [0.1, 0.15) is 62.1 Å². The zero-order valence-electron chi connectivity index (χ0n) is 17.8. The van der Waals surface area contributed by atoms with Crippen LogP contribution in [0.2, 0.25) is 0 Å². The number of nitrogens with zero attached hydrogens (tertiary/aromatic N) is 3. The quantitative estimate of drug-likeness (QED) is 0.532. The van der Waals surface area contributed by atoms with Gasteiger partial charge in [-0.2, -0.15) is 5.10 Å². The van der Waals surface area contributed by atoms with Crippen molar-refractivity contribution in [2.24, 2.45) is 0 Å². The van der Waals surface area contributed by atoms with Crippen LogP contribution in [-0.4, -0.2) is 20.1 Å². The van der Waals surface area contributed by atoms with Crippen LogP contribution in [0.15, 0.2) is 51.9 Å². The van der Waals surface area contributed by atoms with Crippen molar-refractivity contribution in [3.63, 3.8) is 0 Å².